The second-order valence-electron chi connectivity index (χ2n) is 5.45. The lowest BCUT2D eigenvalue weighted by Gasteiger charge is -2.35. The summed E-state index contributed by atoms with van der Waals surface area (Å²) in [6.07, 6.45) is 4.87. The zero-order valence-electron chi connectivity index (χ0n) is 11.6. The van der Waals surface area contributed by atoms with E-state index in [9.17, 15) is 5.11 Å². The van der Waals surface area contributed by atoms with Crippen LogP contribution in [0.3, 0.4) is 0 Å². The summed E-state index contributed by atoms with van der Waals surface area (Å²) in [6, 6.07) is 8.26. The molecular weight excluding hydrogens is 222 g/mol. The van der Waals surface area contributed by atoms with E-state index < -0.39 is 0 Å². The number of piperidine rings is 1. The van der Waals surface area contributed by atoms with Gasteiger partial charge in [-0.3, -0.25) is 0 Å². The lowest BCUT2D eigenvalue weighted by atomic mass is 9.92. The van der Waals surface area contributed by atoms with Gasteiger partial charge in [0, 0.05) is 24.3 Å². The van der Waals surface area contributed by atoms with Gasteiger partial charge in [0.2, 0.25) is 0 Å². The second kappa shape index (κ2) is 6.24. The lowest BCUT2D eigenvalue weighted by Crippen LogP contribution is -2.34. The third-order valence-electron chi connectivity index (χ3n) is 4.04. The molecule has 1 saturated heterocycles. The molecule has 0 aliphatic carbocycles. The van der Waals surface area contributed by atoms with Crippen LogP contribution in [0.2, 0.25) is 0 Å². The predicted octanol–water partition coefficient (Wildman–Crippen LogP) is 3.76. The molecular formula is C16H25NO. The molecule has 1 heterocycles. The third kappa shape index (κ3) is 3.05. The van der Waals surface area contributed by atoms with Crippen LogP contribution in [0.25, 0.3) is 0 Å². The smallest absolute Gasteiger partial charge is 0.0781 e. The average Bonchev–Trinajstić information content (AvgIpc) is 2.40. The first-order valence-electron chi connectivity index (χ1n) is 7.24. The molecule has 0 radical (unpaired) electrons. The van der Waals surface area contributed by atoms with Crippen molar-refractivity contribution in [1.82, 2.24) is 0 Å². The van der Waals surface area contributed by atoms with Crippen molar-refractivity contribution >= 4 is 5.69 Å². The summed E-state index contributed by atoms with van der Waals surface area (Å²) in [5.41, 5.74) is 2.29. The van der Waals surface area contributed by atoms with Crippen LogP contribution in [0, 0.1) is 5.92 Å². The van der Waals surface area contributed by atoms with Crippen LogP contribution in [0.4, 0.5) is 5.69 Å². The molecule has 2 nitrogen and oxygen atoms in total. The maximum absolute atomic E-state index is 9.84. The summed E-state index contributed by atoms with van der Waals surface area (Å²) in [5, 5.41) is 9.84. The van der Waals surface area contributed by atoms with Gasteiger partial charge in [0.25, 0.3) is 0 Å². The first-order chi connectivity index (χ1) is 8.72. The van der Waals surface area contributed by atoms with Gasteiger partial charge in [-0.2, -0.15) is 0 Å². The zero-order valence-corrected chi connectivity index (χ0v) is 11.6. The van der Waals surface area contributed by atoms with Crippen molar-refractivity contribution in [2.24, 2.45) is 5.92 Å². The van der Waals surface area contributed by atoms with Crippen LogP contribution in [-0.4, -0.2) is 18.2 Å². The fourth-order valence-corrected chi connectivity index (χ4v) is 3.00. The van der Waals surface area contributed by atoms with E-state index in [0.717, 1.165) is 24.6 Å². The van der Waals surface area contributed by atoms with E-state index in [1.807, 2.05) is 19.1 Å². The number of rotatable bonds is 4. The Balaban J connectivity index is 2.05. The molecule has 1 aliphatic heterocycles. The minimum Gasteiger partial charge on any atom is -0.389 e. The summed E-state index contributed by atoms with van der Waals surface area (Å²) in [5.74, 6) is 0.907. The van der Waals surface area contributed by atoms with E-state index in [4.69, 9.17) is 0 Å². The van der Waals surface area contributed by atoms with Gasteiger partial charge >= 0.3 is 0 Å². The fourth-order valence-electron chi connectivity index (χ4n) is 3.00. The average molecular weight is 247 g/mol. The Morgan fingerprint density at radius 1 is 1.28 bits per heavy atom. The van der Waals surface area contributed by atoms with Gasteiger partial charge in [0.05, 0.1) is 6.10 Å². The maximum Gasteiger partial charge on any atom is 0.0781 e. The molecule has 2 rings (SSSR count). The predicted molar refractivity (Wildman–Crippen MR) is 76.9 cm³/mol. The Morgan fingerprint density at radius 3 is 2.56 bits per heavy atom. The van der Waals surface area contributed by atoms with Crippen LogP contribution >= 0.6 is 0 Å². The van der Waals surface area contributed by atoms with Crippen LogP contribution in [0.15, 0.2) is 24.3 Å². The highest BCUT2D eigenvalue weighted by atomic mass is 16.3. The third-order valence-corrected chi connectivity index (χ3v) is 4.04. The first kappa shape index (κ1) is 13.4. The number of aliphatic hydroxyl groups is 1. The number of benzene rings is 1. The molecule has 0 aromatic heterocycles. The Morgan fingerprint density at radius 2 is 1.94 bits per heavy atom. The zero-order chi connectivity index (χ0) is 13.0. The standard InChI is InChI=1S/C16H25NO/c1-3-6-14-9-11-17(12-10-14)16-8-5-4-7-15(16)13(2)18/h4-5,7-8,13-14,18H,3,6,9-12H2,1-2H3. The quantitative estimate of drug-likeness (QED) is 0.875. The number of aliphatic hydroxyl groups excluding tert-OH is 1. The van der Waals surface area contributed by atoms with Crippen molar-refractivity contribution in [2.45, 2.75) is 45.6 Å². The molecule has 100 valence electrons. The van der Waals surface area contributed by atoms with Gasteiger partial charge in [-0.05, 0) is 31.7 Å². The number of anilines is 1. The molecule has 1 N–H and O–H groups in total. The second-order valence-corrected chi connectivity index (χ2v) is 5.45. The van der Waals surface area contributed by atoms with Crippen LogP contribution in [0.1, 0.15) is 51.2 Å². The van der Waals surface area contributed by atoms with Gasteiger partial charge in [-0.1, -0.05) is 38.0 Å². The summed E-state index contributed by atoms with van der Waals surface area (Å²) in [4.78, 5) is 2.44. The molecule has 0 amide bonds. The SMILES string of the molecule is CCCC1CCN(c2ccccc2C(C)O)CC1. The van der Waals surface area contributed by atoms with E-state index >= 15 is 0 Å². The van der Waals surface area contributed by atoms with Crippen molar-refractivity contribution in [3.63, 3.8) is 0 Å². The highest BCUT2D eigenvalue weighted by Crippen LogP contribution is 2.30. The lowest BCUT2D eigenvalue weighted by molar-refractivity contribution is 0.199. The van der Waals surface area contributed by atoms with Gasteiger partial charge < -0.3 is 10.0 Å². The van der Waals surface area contributed by atoms with E-state index in [-0.39, 0.29) is 6.10 Å². The van der Waals surface area contributed by atoms with E-state index in [0.29, 0.717) is 0 Å². The topological polar surface area (TPSA) is 23.5 Å². The molecule has 1 fully saturated rings. The largest absolute Gasteiger partial charge is 0.389 e. The minimum absolute atomic E-state index is 0.380. The number of hydrogen-bond donors (Lipinski definition) is 1. The maximum atomic E-state index is 9.84. The van der Waals surface area contributed by atoms with Crippen molar-refractivity contribution in [3.05, 3.63) is 29.8 Å². The molecule has 2 heteroatoms. The highest BCUT2D eigenvalue weighted by Gasteiger charge is 2.21. The molecule has 0 saturated carbocycles. The Kier molecular flexibility index (Phi) is 4.65. The van der Waals surface area contributed by atoms with Crippen molar-refractivity contribution in [2.75, 3.05) is 18.0 Å². The van der Waals surface area contributed by atoms with E-state index in [1.165, 1.54) is 31.4 Å². The Labute approximate surface area is 111 Å². The molecule has 18 heavy (non-hydrogen) atoms. The molecule has 1 unspecified atom stereocenters. The van der Waals surface area contributed by atoms with Gasteiger partial charge in [0.1, 0.15) is 0 Å². The molecule has 1 atom stereocenters. The summed E-state index contributed by atoms with van der Waals surface area (Å²) < 4.78 is 0. The minimum atomic E-state index is -0.380. The van der Waals surface area contributed by atoms with Gasteiger partial charge in [-0.25, -0.2) is 0 Å². The van der Waals surface area contributed by atoms with Crippen LogP contribution in [0.5, 0.6) is 0 Å². The monoisotopic (exact) mass is 247 g/mol. The van der Waals surface area contributed by atoms with Crippen LogP contribution in [-0.2, 0) is 0 Å². The van der Waals surface area contributed by atoms with Crippen molar-refractivity contribution in [3.8, 4) is 0 Å². The number of para-hydroxylation sites is 1. The molecule has 0 spiro atoms. The van der Waals surface area contributed by atoms with E-state index in [1.54, 1.807) is 0 Å². The van der Waals surface area contributed by atoms with Crippen molar-refractivity contribution < 1.29 is 5.11 Å². The first-order valence-corrected chi connectivity index (χ1v) is 7.24. The molecule has 1 aromatic carbocycles. The summed E-state index contributed by atoms with van der Waals surface area (Å²) in [7, 11) is 0. The fraction of sp³-hybridized carbons (Fsp3) is 0.625. The van der Waals surface area contributed by atoms with Crippen LogP contribution < -0.4 is 4.90 Å². The van der Waals surface area contributed by atoms with Crippen molar-refractivity contribution in [1.29, 1.82) is 0 Å². The highest BCUT2D eigenvalue weighted by molar-refractivity contribution is 5.54. The number of hydrogen-bond acceptors (Lipinski definition) is 2. The summed E-state index contributed by atoms with van der Waals surface area (Å²) >= 11 is 0. The Hall–Kier alpha value is -1.02. The number of nitrogens with zero attached hydrogens (tertiary/aromatic N) is 1. The molecule has 1 aliphatic rings. The van der Waals surface area contributed by atoms with Gasteiger partial charge in [0.15, 0.2) is 0 Å². The van der Waals surface area contributed by atoms with Gasteiger partial charge in [-0.15, -0.1) is 0 Å². The normalized spacial score (nSPS) is 18.9. The van der Waals surface area contributed by atoms with E-state index in [2.05, 4.69) is 24.0 Å². The summed E-state index contributed by atoms with van der Waals surface area (Å²) in [6.45, 7) is 6.39. The molecule has 1 aromatic rings. The molecule has 0 bridgehead atoms. The Bertz CT molecular complexity index is 367.